The second-order valence-electron chi connectivity index (χ2n) is 2.80. The Morgan fingerprint density at radius 3 is 1.13 bits per heavy atom. The van der Waals surface area contributed by atoms with E-state index in [0.29, 0.717) is 0 Å². The van der Waals surface area contributed by atoms with E-state index in [1.807, 2.05) is 54.6 Å². The van der Waals surface area contributed by atoms with Crippen LogP contribution in [0.3, 0.4) is 0 Å². The van der Waals surface area contributed by atoms with Crippen LogP contribution in [0.1, 0.15) is 0 Å². The van der Waals surface area contributed by atoms with Crippen LogP contribution in [0.4, 0.5) is 0 Å². The van der Waals surface area contributed by atoms with Gasteiger partial charge < -0.3 is 0 Å². The van der Waals surface area contributed by atoms with Crippen molar-refractivity contribution in [3.8, 4) is 0 Å². The van der Waals surface area contributed by atoms with Crippen molar-refractivity contribution in [1.82, 2.24) is 0 Å². The van der Waals surface area contributed by atoms with Crippen LogP contribution < -0.4 is 0 Å². The van der Waals surface area contributed by atoms with Gasteiger partial charge in [-0.2, -0.15) is 0 Å². The van der Waals surface area contributed by atoms with Crippen LogP contribution in [-0.4, -0.2) is 0 Å². The van der Waals surface area contributed by atoms with Crippen molar-refractivity contribution in [1.29, 1.82) is 0 Å². The van der Waals surface area contributed by atoms with Crippen molar-refractivity contribution >= 4 is 37.9 Å². The summed E-state index contributed by atoms with van der Waals surface area (Å²) in [5.41, 5.74) is 0. The highest BCUT2D eigenvalue weighted by molar-refractivity contribution is 7.85. The summed E-state index contributed by atoms with van der Waals surface area (Å²) in [6.45, 7) is 0. The van der Waals surface area contributed by atoms with Gasteiger partial charge in [0.2, 0.25) is 0 Å². The lowest BCUT2D eigenvalue weighted by Crippen LogP contribution is -1.71. The highest BCUT2D eigenvalue weighted by Crippen LogP contribution is 2.24. The maximum Gasteiger partial charge on any atom is 0.0308 e. The van der Waals surface area contributed by atoms with E-state index < -0.39 is 0 Å². The molecular weight excluding hydrogens is 240 g/mol. The van der Waals surface area contributed by atoms with Crippen molar-refractivity contribution in [3.05, 3.63) is 54.6 Å². The molecule has 0 radical (unpaired) electrons. The summed E-state index contributed by atoms with van der Waals surface area (Å²) in [6.07, 6.45) is 0. The molecular formula is C12H12S3. The molecule has 0 heterocycles. The van der Waals surface area contributed by atoms with Crippen molar-refractivity contribution < 1.29 is 0 Å². The molecule has 15 heavy (non-hydrogen) atoms. The second-order valence-corrected chi connectivity index (χ2v) is 4.21. The minimum Gasteiger partial charge on any atom is -0.142 e. The minimum atomic E-state index is 0.837. The first-order chi connectivity index (χ1) is 7.22. The van der Waals surface area contributed by atoms with Crippen molar-refractivity contribution in [2.45, 2.75) is 14.7 Å². The summed E-state index contributed by atoms with van der Waals surface area (Å²) in [5, 5.41) is 0. The van der Waals surface area contributed by atoms with Crippen molar-refractivity contribution in [2.24, 2.45) is 0 Å². The van der Waals surface area contributed by atoms with Crippen LogP contribution in [0.2, 0.25) is 0 Å². The zero-order valence-corrected chi connectivity index (χ0v) is 10.7. The first-order valence-electron chi connectivity index (χ1n) is 4.41. The number of thiol groups is 3. The third-order valence-electron chi connectivity index (χ3n) is 1.66. The Morgan fingerprint density at radius 1 is 0.533 bits per heavy atom. The number of hydrogen-bond donors (Lipinski definition) is 3. The Bertz CT molecular complexity index is 352. The summed E-state index contributed by atoms with van der Waals surface area (Å²) in [6, 6.07) is 17.7. The Kier molecular flexibility index (Phi) is 5.76. The third kappa shape index (κ3) is 4.69. The molecule has 0 aliphatic heterocycles. The number of hydrogen-bond acceptors (Lipinski definition) is 3. The molecule has 2 rings (SSSR count). The van der Waals surface area contributed by atoms with E-state index in [2.05, 4.69) is 37.9 Å². The van der Waals surface area contributed by atoms with Gasteiger partial charge in [-0.3, -0.25) is 0 Å². The largest absolute Gasteiger partial charge is 0.142 e. The molecule has 0 amide bonds. The maximum absolute atomic E-state index is 4.16. The Morgan fingerprint density at radius 2 is 0.867 bits per heavy atom. The standard InChI is InChI=1S/C6H6S3.C6H6/c7-4-2-1-3-5(8)6(4)9;1-2-4-6-5-3-1/h1-3,7-9H;1-6H. The summed E-state index contributed by atoms with van der Waals surface area (Å²) < 4.78 is 0. The zero-order valence-electron chi connectivity index (χ0n) is 8.04. The van der Waals surface area contributed by atoms with Crippen molar-refractivity contribution in [2.75, 3.05) is 0 Å². The highest BCUT2D eigenvalue weighted by atomic mass is 32.1. The lowest BCUT2D eigenvalue weighted by atomic mass is 10.4. The molecule has 0 fully saturated rings. The van der Waals surface area contributed by atoms with E-state index in [1.54, 1.807) is 0 Å². The monoisotopic (exact) mass is 252 g/mol. The van der Waals surface area contributed by atoms with Gasteiger partial charge in [0.05, 0.1) is 0 Å². The quantitative estimate of drug-likeness (QED) is 0.574. The van der Waals surface area contributed by atoms with Gasteiger partial charge in [-0.1, -0.05) is 42.5 Å². The molecule has 0 bridgehead atoms. The smallest absolute Gasteiger partial charge is 0.0308 e. The van der Waals surface area contributed by atoms with Crippen LogP contribution in [0.5, 0.6) is 0 Å². The SMILES string of the molecule is Sc1cccc(S)c1S.c1ccccc1. The summed E-state index contributed by atoms with van der Waals surface area (Å²) in [7, 11) is 0. The Balaban J connectivity index is 0.000000162. The third-order valence-corrected chi connectivity index (χ3v) is 3.24. The van der Waals surface area contributed by atoms with E-state index in [4.69, 9.17) is 0 Å². The average molecular weight is 252 g/mol. The highest BCUT2D eigenvalue weighted by Gasteiger charge is 1.94. The normalized spacial score (nSPS) is 9.00. The van der Waals surface area contributed by atoms with Gasteiger partial charge in [-0.05, 0) is 12.1 Å². The lowest BCUT2D eigenvalue weighted by Gasteiger charge is -1.98. The fourth-order valence-corrected chi connectivity index (χ4v) is 1.55. The van der Waals surface area contributed by atoms with Crippen LogP contribution in [0, 0.1) is 0 Å². The fraction of sp³-hybridized carbons (Fsp3) is 0. The number of benzene rings is 2. The van der Waals surface area contributed by atoms with E-state index >= 15 is 0 Å². The summed E-state index contributed by atoms with van der Waals surface area (Å²) in [4.78, 5) is 2.57. The van der Waals surface area contributed by atoms with Crippen LogP contribution in [0.15, 0.2) is 69.3 Å². The molecule has 0 aromatic heterocycles. The Hall–Kier alpha value is -0.510. The summed E-state index contributed by atoms with van der Waals surface area (Å²) >= 11 is 12.4. The van der Waals surface area contributed by atoms with E-state index in [9.17, 15) is 0 Å². The number of rotatable bonds is 0. The molecule has 0 aliphatic carbocycles. The van der Waals surface area contributed by atoms with Crippen LogP contribution in [0.25, 0.3) is 0 Å². The van der Waals surface area contributed by atoms with E-state index in [-0.39, 0.29) is 0 Å². The fourth-order valence-electron chi connectivity index (χ4n) is 0.904. The zero-order chi connectivity index (χ0) is 11.1. The van der Waals surface area contributed by atoms with Crippen LogP contribution in [-0.2, 0) is 0 Å². The molecule has 3 heteroatoms. The second kappa shape index (κ2) is 6.88. The van der Waals surface area contributed by atoms with Crippen LogP contribution >= 0.6 is 37.9 Å². The molecule has 0 nitrogen and oxygen atoms in total. The molecule has 78 valence electrons. The van der Waals surface area contributed by atoms with Gasteiger partial charge in [0.25, 0.3) is 0 Å². The van der Waals surface area contributed by atoms with Gasteiger partial charge >= 0.3 is 0 Å². The molecule has 0 atom stereocenters. The lowest BCUT2D eigenvalue weighted by molar-refractivity contribution is 1.14. The van der Waals surface area contributed by atoms with E-state index in [0.717, 1.165) is 14.7 Å². The van der Waals surface area contributed by atoms with E-state index in [1.165, 1.54) is 0 Å². The van der Waals surface area contributed by atoms with Gasteiger partial charge in [0.15, 0.2) is 0 Å². The molecule has 0 saturated carbocycles. The molecule has 0 N–H and O–H groups in total. The van der Waals surface area contributed by atoms with Gasteiger partial charge in [-0.25, -0.2) is 0 Å². The first-order valence-corrected chi connectivity index (χ1v) is 5.76. The predicted molar refractivity (Wildman–Crippen MR) is 74.6 cm³/mol. The maximum atomic E-state index is 4.16. The molecule has 2 aromatic carbocycles. The molecule has 2 aromatic rings. The molecule has 0 saturated heterocycles. The molecule has 0 aliphatic rings. The van der Waals surface area contributed by atoms with Gasteiger partial charge in [0, 0.05) is 14.7 Å². The van der Waals surface area contributed by atoms with Gasteiger partial charge in [-0.15, -0.1) is 37.9 Å². The predicted octanol–water partition coefficient (Wildman–Crippen LogP) is 4.24. The van der Waals surface area contributed by atoms with Gasteiger partial charge in [0.1, 0.15) is 0 Å². The molecule has 0 unspecified atom stereocenters. The molecule has 0 spiro atoms. The summed E-state index contributed by atoms with van der Waals surface area (Å²) in [5.74, 6) is 0. The van der Waals surface area contributed by atoms with Crippen molar-refractivity contribution in [3.63, 3.8) is 0 Å². The Labute approximate surface area is 107 Å². The minimum absolute atomic E-state index is 0.837. The average Bonchev–Trinajstić information content (AvgIpc) is 2.29. The first kappa shape index (κ1) is 12.6. The topological polar surface area (TPSA) is 0 Å².